The summed E-state index contributed by atoms with van der Waals surface area (Å²) in [5.41, 5.74) is 4.02. The molecule has 1 aromatic carbocycles. The van der Waals surface area contributed by atoms with Crippen molar-refractivity contribution in [2.24, 2.45) is 0 Å². The zero-order valence-corrected chi connectivity index (χ0v) is 7.97. The van der Waals surface area contributed by atoms with E-state index >= 15 is 0 Å². The predicted molar refractivity (Wildman–Crippen MR) is 54.0 cm³/mol. The van der Waals surface area contributed by atoms with Gasteiger partial charge in [-0.15, -0.1) is 0 Å². The van der Waals surface area contributed by atoms with E-state index in [1.165, 1.54) is 0 Å². The molecular weight excluding hydrogens is 176 g/mol. The van der Waals surface area contributed by atoms with Gasteiger partial charge < -0.3 is 5.43 Å². The van der Waals surface area contributed by atoms with Gasteiger partial charge in [-0.25, -0.2) is 5.01 Å². The first-order valence-corrected chi connectivity index (χ1v) is 4.56. The normalized spacial score (nSPS) is 19.5. The Kier molecular flexibility index (Phi) is 2.23. The lowest BCUT2D eigenvalue weighted by Crippen LogP contribution is -2.36. The zero-order chi connectivity index (χ0) is 9.97. The van der Waals surface area contributed by atoms with Crippen molar-refractivity contribution in [3.63, 3.8) is 0 Å². The molecule has 1 heterocycles. The Morgan fingerprint density at radius 1 is 1.36 bits per heavy atom. The fourth-order valence-corrected chi connectivity index (χ4v) is 1.58. The fraction of sp³-hybridized carbons (Fsp3) is 0.182. The highest BCUT2D eigenvalue weighted by Gasteiger charge is 2.22. The second-order valence-corrected chi connectivity index (χ2v) is 3.23. The highest BCUT2D eigenvalue weighted by molar-refractivity contribution is 5.74. The van der Waals surface area contributed by atoms with Crippen LogP contribution in [0.25, 0.3) is 0 Å². The number of hydrazine groups is 1. The number of nitrogens with one attached hydrogen (secondary N) is 1. The van der Waals surface area contributed by atoms with Crippen LogP contribution in [0.5, 0.6) is 0 Å². The topological polar surface area (TPSA) is 32.3 Å². The lowest BCUT2D eigenvalue weighted by Gasteiger charge is -2.23. The molecule has 0 saturated carbocycles. The number of rotatable bonds is 1. The molecule has 1 aliphatic heterocycles. The standard InChI is InChI=1S/C11H12N2O/c1-9(14)13-11(7-8-12-13)10-5-3-2-4-6-10/h2-8,11-12H,1H3. The van der Waals surface area contributed by atoms with Crippen LogP contribution in [0.4, 0.5) is 0 Å². The van der Waals surface area contributed by atoms with E-state index in [9.17, 15) is 4.79 Å². The molecule has 1 atom stereocenters. The van der Waals surface area contributed by atoms with Gasteiger partial charge in [0.1, 0.15) is 0 Å². The van der Waals surface area contributed by atoms with Crippen molar-refractivity contribution in [1.82, 2.24) is 10.4 Å². The van der Waals surface area contributed by atoms with Gasteiger partial charge in [0.15, 0.2) is 0 Å². The number of carbonyl (C=O) groups excluding carboxylic acids is 1. The highest BCUT2D eigenvalue weighted by Crippen LogP contribution is 2.23. The Balaban J connectivity index is 2.26. The number of benzene rings is 1. The van der Waals surface area contributed by atoms with Crippen molar-refractivity contribution in [2.45, 2.75) is 13.0 Å². The van der Waals surface area contributed by atoms with Crippen molar-refractivity contribution in [3.8, 4) is 0 Å². The minimum atomic E-state index is 0.0175. The molecule has 0 aromatic heterocycles. The van der Waals surface area contributed by atoms with Gasteiger partial charge in [-0.3, -0.25) is 4.79 Å². The van der Waals surface area contributed by atoms with E-state index < -0.39 is 0 Å². The first-order valence-electron chi connectivity index (χ1n) is 4.56. The molecule has 3 nitrogen and oxygen atoms in total. The van der Waals surface area contributed by atoms with E-state index in [-0.39, 0.29) is 11.9 Å². The van der Waals surface area contributed by atoms with Crippen LogP contribution in [0.1, 0.15) is 18.5 Å². The van der Waals surface area contributed by atoms with E-state index in [0.29, 0.717) is 0 Å². The molecule has 1 aromatic rings. The molecule has 72 valence electrons. The van der Waals surface area contributed by atoms with Crippen LogP contribution in [-0.4, -0.2) is 10.9 Å². The molecular formula is C11H12N2O. The van der Waals surface area contributed by atoms with E-state index in [1.54, 1.807) is 18.1 Å². The summed E-state index contributed by atoms with van der Waals surface area (Å²) in [4.78, 5) is 11.3. The van der Waals surface area contributed by atoms with Gasteiger partial charge in [0.2, 0.25) is 5.91 Å². The highest BCUT2D eigenvalue weighted by atomic mass is 16.2. The van der Waals surface area contributed by atoms with Gasteiger partial charge in [0, 0.05) is 13.1 Å². The Labute approximate surface area is 83.0 Å². The zero-order valence-electron chi connectivity index (χ0n) is 7.97. The van der Waals surface area contributed by atoms with Crippen molar-refractivity contribution >= 4 is 5.91 Å². The second-order valence-electron chi connectivity index (χ2n) is 3.23. The third-order valence-electron chi connectivity index (χ3n) is 2.25. The summed E-state index contributed by atoms with van der Waals surface area (Å²) in [6.45, 7) is 1.55. The summed E-state index contributed by atoms with van der Waals surface area (Å²) < 4.78 is 0. The van der Waals surface area contributed by atoms with Gasteiger partial charge >= 0.3 is 0 Å². The van der Waals surface area contributed by atoms with E-state index in [2.05, 4.69) is 5.43 Å². The summed E-state index contributed by atoms with van der Waals surface area (Å²) >= 11 is 0. The van der Waals surface area contributed by atoms with E-state index in [1.807, 2.05) is 36.4 Å². The largest absolute Gasteiger partial charge is 0.303 e. The summed E-state index contributed by atoms with van der Waals surface area (Å²) in [5, 5.41) is 1.61. The molecule has 0 aliphatic carbocycles. The summed E-state index contributed by atoms with van der Waals surface area (Å²) in [7, 11) is 0. The molecule has 3 heteroatoms. The van der Waals surface area contributed by atoms with Crippen LogP contribution in [0.2, 0.25) is 0 Å². The molecule has 2 rings (SSSR count). The van der Waals surface area contributed by atoms with Gasteiger partial charge in [0.25, 0.3) is 0 Å². The Morgan fingerprint density at radius 2 is 2.07 bits per heavy atom. The minimum absolute atomic E-state index is 0.0175. The van der Waals surface area contributed by atoms with Crippen LogP contribution >= 0.6 is 0 Å². The van der Waals surface area contributed by atoms with Crippen LogP contribution in [0.3, 0.4) is 0 Å². The molecule has 1 N–H and O–H groups in total. The number of hydrogen-bond acceptors (Lipinski definition) is 2. The smallest absolute Gasteiger partial charge is 0.238 e. The number of nitrogens with zero attached hydrogens (tertiary/aromatic N) is 1. The maximum atomic E-state index is 11.3. The Hall–Kier alpha value is -1.77. The van der Waals surface area contributed by atoms with Gasteiger partial charge in [-0.1, -0.05) is 30.3 Å². The van der Waals surface area contributed by atoms with E-state index in [4.69, 9.17) is 0 Å². The van der Waals surface area contributed by atoms with Gasteiger partial charge in [-0.2, -0.15) is 0 Å². The molecule has 1 amide bonds. The maximum Gasteiger partial charge on any atom is 0.238 e. The molecule has 14 heavy (non-hydrogen) atoms. The van der Waals surface area contributed by atoms with Crippen LogP contribution in [-0.2, 0) is 4.79 Å². The molecule has 1 unspecified atom stereocenters. The number of amides is 1. The van der Waals surface area contributed by atoms with Crippen molar-refractivity contribution in [2.75, 3.05) is 0 Å². The van der Waals surface area contributed by atoms with Crippen LogP contribution in [0, 0.1) is 0 Å². The molecule has 0 radical (unpaired) electrons. The third-order valence-corrected chi connectivity index (χ3v) is 2.25. The van der Waals surface area contributed by atoms with Gasteiger partial charge in [0.05, 0.1) is 6.04 Å². The van der Waals surface area contributed by atoms with E-state index in [0.717, 1.165) is 5.56 Å². The first-order chi connectivity index (χ1) is 6.79. The second kappa shape index (κ2) is 3.54. The summed E-state index contributed by atoms with van der Waals surface area (Å²) in [6, 6.07) is 9.96. The average Bonchev–Trinajstić information content (AvgIpc) is 2.67. The molecule has 0 spiro atoms. The SMILES string of the molecule is CC(=O)N1NC=CC1c1ccccc1. The molecule has 0 fully saturated rings. The molecule has 0 saturated heterocycles. The molecule has 0 bridgehead atoms. The maximum absolute atomic E-state index is 11.3. The van der Waals surface area contributed by atoms with Gasteiger partial charge in [-0.05, 0) is 11.6 Å². The Bertz CT molecular complexity index is 359. The van der Waals surface area contributed by atoms with Crippen molar-refractivity contribution < 1.29 is 4.79 Å². The minimum Gasteiger partial charge on any atom is -0.303 e. The van der Waals surface area contributed by atoms with Crippen molar-refractivity contribution in [3.05, 3.63) is 48.2 Å². The molecule has 1 aliphatic rings. The predicted octanol–water partition coefficient (Wildman–Crippen LogP) is 1.61. The lowest BCUT2D eigenvalue weighted by atomic mass is 10.1. The number of carbonyl (C=O) groups is 1. The van der Waals surface area contributed by atoms with Crippen LogP contribution < -0.4 is 5.43 Å². The van der Waals surface area contributed by atoms with Crippen LogP contribution in [0.15, 0.2) is 42.6 Å². The Morgan fingerprint density at radius 3 is 2.71 bits per heavy atom. The quantitative estimate of drug-likeness (QED) is 0.726. The van der Waals surface area contributed by atoms with Crippen molar-refractivity contribution in [1.29, 1.82) is 0 Å². The fourth-order valence-electron chi connectivity index (χ4n) is 1.58. The summed E-state index contributed by atoms with van der Waals surface area (Å²) in [6.07, 6.45) is 3.76. The number of hydrogen-bond donors (Lipinski definition) is 1. The summed E-state index contributed by atoms with van der Waals surface area (Å²) in [5.74, 6) is 0.0175. The lowest BCUT2D eigenvalue weighted by molar-refractivity contribution is -0.132. The first kappa shape index (κ1) is 8.81. The monoisotopic (exact) mass is 188 g/mol. The third kappa shape index (κ3) is 1.48. The average molecular weight is 188 g/mol.